The van der Waals surface area contributed by atoms with Gasteiger partial charge in [-0.1, -0.05) is 51.1 Å². The fourth-order valence-corrected chi connectivity index (χ4v) is 5.52. The van der Waals surface area contributed by atoms with E-state index in [9.17, 15) is 9.59 Å². The minimum Gasteiger partial charge on any atom is -0.461 e. The maximum absolute atomic E-state index is 13.1. The molecule has 0 atom stereocenters. The van der Waals surface area contributed by atoms with E-state index >= 15 is 0 Å². The number of carbonyl (C=O) groups excluding carboxylic acids is 1. The SMILES string of the molecule is Cc1nc2sc(-c3ccccc3)cc2c(=O)n1CC(=O)OC1CCC(C(C)(C)C)CC1. The normalized spacial score (nSPS) is 19.5. The lowest BCUT2D eigenvalue weighted by Gasteiger charge is -2.36. The molecule has 1 fully saturated rings. The number of benzene rings is 1. The number of aryl methyl sites for hydroxylation is 1. The first kappa shape index (κ1) is 21.8. The highest BCUT2D eigenvalue weighted by atomic mass is 32.1. The van der Waals surface area contributed by atoms with E-state index in [1.807, 2.05) is 36.4 Å². The van der Waals surface area contributed by atoms with Gasteiger partial charge < -0.3 is 4.74 Å². The van der Waals surface area contributed by atoms with Gasteiger partial charge in [-0.15, -0.1) is 11.3 Å². The number of hydrogen-bond donors (Lipinski definition) is 0. The van der Waals surface area contributed by atoms with Gasteiger partial charge in [0.15, 0.2) is 0 Å². The Bertz CT molecular complexity index is 1130. The van der Waals surface area contributed by atoms with Gasteiger partial charge in [-0.2, -0.15) is 0 Å². The highest BCUT2D eigenvalue weighted by Gasteiger charge is 2.31. The average Bonchev–Trinajstić information content (AvgIpc) is 3.16. The average molecular weight is 439 g/mol. The van der Waals surface area contributed by atoms with Crippen LogP contribution in [0, 0.1) is 18.3 Å². The van der Waals surface area contributed by atoms with E-state index in [-0.39, 0.29) is 24.2 Å². The molecule has 3 aromatic rings. The molecule has 1 aromatic carbocycles. The molecule has 0 aliphatic heterocycles. The largest absolute Gasteiger partial charge is 0.461 e. The Morgan fingerprint density at radius 2 is 1.84 bits per heavy atom. The van der Waals surface area contributed by atoms with Gasteiger partial charge in [0.25, 0.3) is 5.56 Å². The van der Waals surface area contributed by atoms with E-state index < -0.39 is 0 Å². The Balaban J connectivity index is 1.48. The van der Waals surface area contributed by atoms with Crippen molar-refractivity contribution in [1.29, 1.82) is 0 Å². The molecule has 0 bridgehead atoms. The third-order valence-corrected chi connectivity index (χ3v) is 7.46. The summed E-state index contributed by atoms with van der Waals surface area (Å²) >= 11 is 1.50. The van der Waals surface area contributed by atoms with Gasteiger partial charge in [0.1, 0.15) is 23.3 Å². The second-order valence-corrected chi connectivity index (χ2v) is 10.6. The van der Waals surface area contributed by atoms with Crippen molar-refractivity contribution < 1.29 is 9.53 Å². The summed E-state index contributed by atoms with van der Waals surface area (Å²) in [5, 5.41) is 0.549. The molecule has 2 aromatic heterocycles. The van der Waals surface area contributed by atoms with Gasteiger partial charge in [-0.25, -0.2) is 4.98 Å². The van der Waals surface area contributed by atoms with E-state index in [1.165, 1.54) is 15.9 Å². The van der Waals surface area contributed by atoms with Gasteiger partial charge in [-0.05, 0) is 55.6 Å². The summed E-state index contributed by atoms with van der Waals surface area (Å²) in [6.07, 6.45) is 3.88. The Labute approximate surface area is 187 Å². The predicted molar refractivity (Wildman–Crippen MR) is 125 cm³/mol. The Morgan fingerprint density at radius 3 is 2.48 bits per heavy atom. The standard InChI is InChI=1S/C25H30N2O3S/c1-16-26-23-20(14-21(31-23)17-8-6-5-7-9-17)24(29)27(16)15-22(28)30-19-12-10-18(11-13-19)25(2,3)4/h5-9,14,18-19H,10-13,15H2,1-4H3. The summed E-state index contributed by atoms with van der Waals surface area (Å²) in [4.78, 5) is 32.0. The summed E-state index contributed by atoms with van der Waals surface area (Å²) in [6, 6.07) is 11.8. The van der Waals surface area contributed by atoms with Crippen molar-refractivity contribution in [2.45, 2.75) is 66.0 Å². The molecule has 31 heavy (non-hydrogen) atoms. The molecule has 5 nitrogen and oxygen atoms in total. The van der Waals surface area contributed by atoms with Crippen molar-refractivity contribution in [2.75, 3.05) is 0 Å². The summed E-state index contributed by atoms with van der Waals surface area (Å²) in [6.45, 7) is 8.50. The van der Waals surface area contributed by atoms with Crippen LogP contribution in [0.1, 0.15) is 52.3 Å². The van der Waals surface area contributed by atoms with Crippen LogP contribution in [0.5, 0.6) is 0 Å². The monoisotopic (exact) mass is 438 g/mol. The van der Waals surface area contributed by atoms with Crippen molar-refractivity contribution >= 4 is 27.5 Å². The zero-order chi connectivity index (χ0) is 22.2. The van der Waals surface area contributed by atoms with E-state index in [0.29, 0.717) is 27.4 Å². The van der Waals surface area contributed by atoms with Crippen LogP contribution in [-0.2, 0) is 16.1 Å². The Morgan fingerprint density at radius 1 is 1.16 bits per heavy atom. The van der Waals surface area contributed by atoms with Crippen molar-refractivity contribution in [3.8, 4) is 10.4 Å². The molecule has 6 heteroatoms. The second kappa shape index (κ2) is 8.58. The van der Waals surface area contributed by atoms with Gasteiger partial charge >= 0.3 is 5.97 Å². The van der Waals surface area contributed by atoms with Crippen LogP contribution in [-0.4, -0.2) is 21.6 Å². The van der Waals surface area contributed by atoms with Crippen LogP contribution in [0.3, 0.4) is 0 Å². The fourth-order valence-electron chi connectivity index (χ4n) is 4.45. The van der Waals surface area contributed by atoms with E-state index in [4.69, 9.17) is 4.74 Å². The highest BCUT2D eigenvalue weighted by Crippen LogP contribution is 2.38. The fraction of sp³-hybridized carbons (Fsp3) is 0.480. The molecule has 0 radical (unpaired) electrons. The molecule has 0 N–H and O–H groups in total. The minimum atomic E-state index is -0.357. The maximum Gasteiger partial charge on any atom is 0.326 e. The summed E-state index contributed by atoms with van der Waals surface area (Å²) < 4.78 is 7.17. The molecule has 0 spiro atoms. The van der Waals surface area contributed by atoms with Crippen LogP contribution in [0.25, 0.3) is 20.7 Å². The number of nitrogens with zero attached hydrogens (tertiary/aromatic N) is 2. The zero-order valence-corrected chi connectivity index (χ0v) is 19.5. The molecule has 164 valence electrons. The molecular weight excluding hydrogens is 408 g/mol. The maximum atomic E-state index is 13.1. The number of esters is 1. The first-order valence-electron chi connectivity index (χ1n) is 11.0. The lowest BCUT2D eigenvalue weighted by molar-refractivity contribution is -0.152. The van der Waals surface area contributed by atoms with Crippen molar-refractivity contribution in [3.63, 3.8) is 0 Å². The third kappa shape index (κ3) is 4.74. The quantitative estimate of drug-likeness (QED) is 0.499. The smallest absolute Gasteiger partial charge is 0.326 e. The first-order valence-corrected chi connectivity index (χ1v) is 11.8. The van der Waals surface area contributed by atoms with Crippen LogP contribution in [0.15, 0.2) is 41.2 Å². The van der Waals surface area contributed by atoms with Crippen molar-refractivity contribution in [1.82, 2.24) is 9.55 Å². The van der Waals surface area contributed by atoms with E-state index in [0.717, 1.165) is 36.1 Å². The Hall–Kier alpha value is -2.47. The molecule has 0 saturated heterocycles. The number of thiophene rings is 1. The lowest BCUT2D eigenvalue weighted by Crippen LogP contribution is -2.33. The predicted octanol–water partition coefficient (Wildman–Crippen LogP) is 5.58. The topological polar surface area (TPSA) is 61.2 Å². The zero-order valence-electron chi connectivity index (χ0n) is 18.7. The van der Waals surface area contributed by atoms with Gasteiger partial charge in [0.05, 0.1) is 5.39 Å². The molecule has 1 saturated carbocycles. The van der Waals surface area contributed by atoms with E-state index in [1.54, 1.807) is 6.92 Å². The van der Waals surface area contributed by atoms with Crippen LogP contribution >= 0.6 is 11.3 Å². The third-order valence-electron chi connectivity index (χ3n) is 6.38. The molecule has 4 rings (SSSR count). The number of rotatable bonds is 4. The van der Waals surface area contributed by atoms with Crippen molar-refractivity contribution in [2.24, 2.45) is 11.3 Å². The van der Waals surface area contributed by atoms with E-state index in [2.05, 4.69) is 25.8 Å². The Kier molecular flexibility index (Phi) is 6.02. The number of fused-ring (bicyclic) bond motifs is 1. The first-order chi connectivity index (χ1) is 14.7. The molecule has 0 amide bonds. The lowest BCUT2D eigenvalue weighted by atomic mass is 9.72. The van der Waals surface area contributed by atoms with Crippen LogP contribution in [0.2, 0.25) is 0 Å². The molecule has 0 unspecified atom stereocenters. The number of ether oxygens (including phenoxy) is 1. The summed E-state index contributed by atoms with van der Waals surface area (Å²) in [5.74, 6) is 0.841. The van der Waals surface area contributed by atoms with Gasteiger partial charge in [-0.3, -0.25) is 14.2 Å². The second-order valence-electron chi connectivity index (χ2n) is 9.58. The van der Waals surface area contributed by atoms with Crippen LogP contribution < -0.4 is 5.56 Å². The van der Waals surface area contributed by atoms with Crippen LogP contribution in [0.4, 0.5) is 0 Å². The number of aromatic nitrogens is 2. The molecular formula is C25H30N2O3S. The van der Waals surface area contributed by atoms with Gasteiger partial charge in [0.2, 0.25) is 0 Å². The molecule has 1 aliphatic rings. The highest BCUT2D eigenvalue weighted by molar-refractivity contribution is 7.21. The summed E-state index contributed by atoms with van der Waals surface area (Å²) in [5.41, 5.74) is 1.16. The molecule has 2 heterocycles. The minimum absolute atomic E-state index is 0.0513. The van der Waals surface area contributed by atoms with Gasteiger partial charge in [0, 0.05) is 4.88 Å². The number of carbonyl (C=O) groups is 1. The van der Waals surface area contributed by atoms with Crippen molar-refractivity contribution in [3.05, 3.63) is 52.6 Å². The molecule has 1 aliphatic carbocycles. The summed E-state index contributed by atoms with van der Waals surface area (Å²) in [7, 11) is 0. The number of hydrogen-bond acceptors (Lipinski definition) is 5.